The second kappa shape index (κ2) is 8.78. The zero-order valence-corrected chi connectivity index (χ0v) is 15.5. The molecule has 1 amide bonds. The first kappa shape index (κ1) is 18.4. The second-order valence-corrected chi connectivity index (χ2v) is 7.34. The number of piperidine rings is 1. The Morgan fingerprint density at radius 2 is 2.20 bits per heavy atom. The van der Waals surface area contributed by atoms with Crippen LogP contribution in [0.1, 0.15) is 31.0 Å². The van der Waals surface area contributed by atoms with Gasteiger partial charge in [0.2, 0.25) is 5.91 Å². The van der Waals surface area contributed by atoms with Crippen molar-refractivity contribution in [2.24, 2.45) is 0 Å². The van der Waals surface area contributed by atoms with Crippen molar-refractivity contribution in [3.63, 3.8) is 0 Å². The summed E-state index contributed by atoms with van der Waals surface area (Å²) in [6.45, 7) is 6.00. The van der Waals surface area contributed by atoms with E-state index in [1.54, 1.807) is 0 Å². The lowest BCUT2D eigenvalue weighted by atomic mass is 9.95. The highest BCUT2D eigenvalue weighted by Gasteiger charge is 2.28. The summed E-state index contributed by atoms with van der Waals surface area (Å²) in [5, 5.41) is 3.28. The zero-order chi connectivity index (χ0) is 17.6. The minimum absolute atomic E-state index is 0.0314. The maximum atomic E-state index is 12.5. The largest absolute Gasteiger partial charge is 0.375 e. The molecule has 0 aliphatic carbocycles. The van der Waals surface area contributed by atoms with Gasteiger partial charge in [-0.3, -0.25) is 4.79 Å². The van der Waals surface area contributed by atoms with Crippen molar-refractivity contribution in [2.45, 2.75) is 37.8 Å². The SMILES string of the molecule is CN(C)CCn1ccnc1C1CCN(C(=O)C[C@H]2CNCCO2)CC1. The molecule has 0 saturated carbocycles. The van der Waals surface area contributed by atoms with Gasteiger partial charge in [-0.2, -0.15) is 0 Å². The molecule has 1 aromatic rings. The molecule has 7 heteroatoms. The quantitative estimate of drug-likeness (QED) is 0.812. The van der Waals surface area contributed by atoms with Crippen LogP contribution in [0.3, 0.4) is 0 Å². The van der Waals surface area contributed by atoms with E-state index in [0.717, 1.165) is 52.1 Å². The van der Waals surface area contributed by atoms with Gasteiger partial charge in [0.15, 0.2) is 0 Å². The average Bonchev–Trinajstić information content (AvgIpc) is 3.09. The Bertz CT molecular complexity index is 545. The van der Waals surface area contributed by atoms with Crippen LogP contribution in [0.4, 0.5) is 0 Å². The molecule has 1 atom stereocenters. The Morgan fingerprint density at radius 3 is 2.88 bits per heavy atom. The van der Waals surface area contributed by atoms with Crippen LogP contribution in [0.2, 0.25) is 0 Å². The highest BCUT2D eigenvalue weighted by molar-refractivity contribution is 5.76. The molecule has 25 heavy (non-hydrogen) atoms. The molecule has 2 aliphatic heterocycles. The molecule has 0 aromatic carbocycles. The van der Waals surface area contributed by atoms with E-state index in [-0.39, 0.29) is 12.0 Å². The number of ether oxygens (including phenoxy) is 1. The standard InChI is InChI=1S/C18H31N5O2/c1-21(2)10-11-23-9-5-20-18(23)15-3-7-22(8-4-15)17(24)13-16-14-19-6-12-25-16/h5,9,15-16,19H,3-4,6-8,10-14H2,1-2H3/t16-/m0/s1. The van der Waals surface area contributed by atoms with E-state index in [2.05, 4.69) is 40.1 Å². The van der Waals surface area contributed by atoms with Gasteiger partial charge < -0.3 is 24.4 Å². The Balaban J connectivity index is 1.48. The molecule has 1 N–H and O–H groups in total. The summed E-state index contributed by atoms with van der Waals surface area (Å²) in [5.41, 5.74) is 0. The van der Waals surface area contributed by atoms with E-state index in [0.29, 0.717) is 18.9 Å². The lowest BCUT2D eigenvalue weighted by molar-refractivity contribution is -0.135. The maximum absolute atomic E-state index is 12.5. The van der Waals surface area contributed by atoms with Gasteiger partial charge in [0, 0.05) is 57.6 Å². The number of likely N-dealkylation sites (tertiary alicyclic amines) is 1. The molecule has 0 bridgehead atoms. The Labute approximate surface area is 150 Å². The molecule has 2 saturated heterocycles. The number of imidazole rings is 1. The van der Waals surface area contributed by atoms with E-state index >= 15 is 0 Å². The Kier molecular flexibility index (Phi) is 6.45. The second-order valence-electron chi connectivity index (χ2n) is 7.34. The highest BCUT2D eigenvalue weighted by atomic mass is 16.5. The average molecular weight is 349 g/mol. The van der Waals surface area contributed by atoms with Crippen molar-refractivity contribution in [1.82, 2.24) is 24.7 Å². The Morgan fingerprint density at radius 1 is 1.40 bits per heavy atom. The number of morpholine rings is 1. The molecule has 0 spiro atoms. The van der Waals surface area contributed by atoms with Gasteiger partial charge in [0.25, 0.3) is 0 Å². The van der Waals surface area contributed by atoms with Gasteiger partial charge in [-0.15, -0.1) is 0 Å². The first-order valence-electron chi connectivity index (χ1n) is 9.39. The van der Waals surface area contributed by atoms with Crippen molar-refractivity contribution < 1.29 is 9.53 Å². The molecular formula is C18H31N5O2. The number of hydrogen-bond acceptors (Lipinski definition) is 5. The van der Waals surface area contributed by atoms with Crippen LogP contribution in [-0.4, -0.2) is 84.8 Å². The third-order valence-corrected chi connectivity index (χ3v) is 5.16. The van der Waals surface area contributed by atoms with E-state index in [1.165, 1.54) is 5.82 Å². The summed E-state index contributed by atoms with van der Waals surface area (Å²) in [5.74, 6) is 1.85. The number of carbonyl (C=O) groups is 1. The fourth-order valence-corrected chi connectivity index (χ4v) is 3.64. The topological polar surface area (TPSA) is 62.6 Å². The van der Waals surface area contributed by atoms with E-state index < -0.39 is 0 Å². The molecule has 7 nitrogen and oxygen atoms in total. The van der Waals surface area contributed by atoms with E-state index in [9.17, 15) is 4.79 Å². The molecule has 140 valence electrons. The number of carbonyl (C=O) groups excluding carboxylic acids is 1. The van der Waals surface area contributed by atoms with Crippen LogP contribution in [0.5, 0.6) is 0 Å². The fraction of sp³-hybridized carbons (Fsp3) is 0.778. The minimum Gasteiger partial charge on any atom is -0.375 e. The van der Waals surface area contributed by atoms with Crippen LogP contribution < -0.4 is 5.32 Å². The molecule has 0 unspecified atom stereocenters. The maximum Gasteiger partial charge on any atom is 0.225 e. The third kappa shape index (κ3) is 5.03. The fourth-order valence-electron chi connectivity index (χ4n) is 3.64. The van der Waals surface area contributed by atoms with Gasteiger partial charge >= 0.3 is 0 Å². The number of nitrogens with one attached hydrogen (secondary N) is 1. The van der Waals surface area contributed by atoms with Gasteiger partial charge in [-0.05, 0) is 26.9 Å². The monoisotopic (exact) mass is 349 g/mol. The molecule has 3 rings (SSSR count). The van der Waals surface area contributed by atoms with Crippen LogP contribution >= 0.6 is 0 Å². The molecule has 0 radical (unpaired) electrons. The van der Waals surface area contributed by atoms with Crippen LogP contribution in [0, 0.1) is 0 Å². The third-order valence-electron chi connectivity index (χ3n) is 5.16. The van der Waals surface area contributed by atoms with Crippen molar-refractivity contribution in [3.8, 4) is 0 Å². The molecule has 2 aliphatic rings. The first-order valence-corrected chi connectivity index (χ1v) is 9.39. The smallest absolute Gasteiger partial charge is 0.225 e. The first-order chi connectivity index (χ1) is 12.1. The predicted octanol–water partition coefficient (Wildman–Crippen LogP) is 0.529. The zero-order valence-electron chi connectivity index (χ0n) is 15.5. The van der Waals surface area contributed by atoms with Gasteiger partial charge in [0.1, 0.15) is 5.82 Å². The summed E-state index contributed by atoms with van der Waals surface area (Å²) in [4.78, 5) is 21.3. The summed E-state index contributed by atoms with van der Waals surface area (Å²) >= 11 is 0. The number of amides is 1. The lowest BCUT2D eigenvalue weighted by Crippen LogP contribution is -2.44. The predicted molar refractivity (Wildman–Crippen MR) is 96.6 cm³/mol. The van der Waals surface area contributed by atoms with Crippen molar-refractivity contribution in [2.75, 3.05) is 53.4 Å². The number of likely N-dealkylation sites (N-methyl/N-ethyl adjacent to an activating group) is 1. The number of rotatable bonds is 6. The van der Waals surface area contributed by atoms with Gasteiger partial charge in [-0.25, -0.2) is 4.98 Å². The summed E-state index contributed by atoms with van der Waals surface area (Å²) < 4.78 is 7.92. The minimum atomic E-state index is 0.0314. The van der Waals surface area contributed by atoms with Crippen molar-refractivity contribution in [1.29, 1.82) is 0 Å². The summed E-state index contributed by atoms with van der Waals surface area (Å²) in [7, 11) is 4.18. The number of hydrogen-bond donors (Lipinski definition) is 1. The molecular weight excluding hydrogens is 318 g/mol. The van der Waals surface area contributed by atoms with Crippen LogP contribution in [0.15, 0.2) is 12.4 Å². The lowest BCUT2D eigenvalue weighted by Gasteiger charge is -2.33. The van der Waals surface area contributed by atoms with Crippen molar-refractivity contribution >= 4 is 5.91 Å². The molecule has 3 heterocycles. The van der Waals surface area contributed by atoms with Gasteiger partial charge in [0.05, 0.1) is 19.1 Å². The summed E-state index contributed by atoms with van der Waals surface area (Å²) in [6, 6.07) is 0. The highest BCUT2D eigenvalue weighted by Crippen LogP contribution is 2.27. The molecule has 1 aromatic heterocycles. The van der Waals surface area contributed by atoms with Crippen LogP contribution in [0.25, 0.3) is 0 Å². The van der Waals surface area contributed by atoms with E-state index in [4.69, 9.17) is 4.74 Å². The normalized spacial score (nSPS) is 22.5. The molecule has 2 fully saturated rings. The van der Waals surface area contributed by atoms with Gasteiger partial charge in [-0.1, -0.05) is 0 Å². The number of nitrogens with zero attached hydrogens (tertiary/aromatic N) is 4. The summed E-state index contributed by atoms with van der Waals surface area (Å²) in [6.07, 6.45) is 6.49. The van der Waals surface area contributed by atoms with E-state index in [1.807, 2.05) is 11.1 Å². The Hall–Kier alpha value is -1.44. The number of aromatic nitrogens is 2. The van der Waals surface area contributed by atoms with Crippen LogP contribution in [-0.2, 0) is 16.1 Å². The van der Waals surface area contributed by atoms with Crippen molar-refractivity contribution in [3.05, 3.63) is 18.2 Å².